The van der Waals surface area contributed by atoms with Crippen LogP contribution in [0.15, 0.2) is 0 Å². The Balaban J connectivity index is 2.14. The van der Waals surface area contributed by atoms with Crippen molar-refractivity contribution >= 4 is 0 Å². The maximum Gasteiger partial charge on any atom is 0.389 e. The first-order valence-electron chi connectivity index (χ1n) is 5.27. The Morgan fingerprint density at radius 2 is 2.00 bits per heavy atom. The van der Waals surface area contributed by atoms with E-state index in [0.717, 1.165) is 0 Å². The van der Waals surface area contributed by atoms with Crippen molar-refractivity contribution in [2.45, 2.75) is 50.7 Å². The van der Waals surface area contributed by atoms with E-state index in [1.165, 1.54) is 19.3 Å². The predicted molar refractivity (Wildman–Crippen MR) is 50.1 cm³/mol. The lowest BCUT2D eigenvalue weighted by Crippen LogP contribution is -2.37. The molecule has 0 aromatic carbocycles. The molecule has 1 unspecified atom stereocenters. The number of hydrogen-bond donors (Lipinski definition) is 1. The van der Waals surface area contributed by atoms with Gasteiger partial charge in [-0.05, 0) is 38.6 Å². The van der Waals surface area contributed by atoms with E-state index in [4.69, 9.17) is 0 Å². The Morgan fingerprint density at radius 3 is 2.36 bits per heavy atom. The van der Waals surface area contributed by atoms with Gasteiger partial charge in [0.15, 0.2) is 0 Å². The third kappa shape index (κ3) is 3.86. The summed E-state index contributed by atoms with van der Waals surface area (Å²) in [6, 6.07) is 0.297. The van der Waals surface area contributed by atoms with Crippen molar-refractivity contribution < 1.29 is 13.2 Å². The van der Waals surface area contributed by atoms with E-state index < -0.39 is 12.6 Å². The van der Waals surface area contributed by atoms with Gasteiger partial charge in [-0.15, -0.1) is 0 Å². The minimum Gasteiger partial charge on any atom is -0.317 e. The molecule has 0 aromatic rings. The maximum absolute atomic E-state index is 11.9. The van der Waals surface area contributed by atoms with E-state index >= 15 is 0 Å². The van der Waals surface area contributed by atoms with Gasteiger partial charge in [0, 0.05) is 12.5 Å². The number of rotatable bonds is 5. The molecule has 14 heavy (non-hydrogen) atoms. The molecule has 1 nitrogen and oxygen atoms in total. The van der Waals surface area contributed by atoms with Gasteiger partial charge in [-0.2, -0.15) is 13.2 Å². The van der Waals surface area contributed by atoms with Crippen LogP contribution in [0.2, 0.25) is 0 Å². The highest BCUT2D eigenvalue weighted by atomic mass is 19.4. The third-order valence-electron chi connectivity index (χ3n) is 3.07. The van der Waals surface area contributed by atoms with Crippen molar-refractivity contribution in [3.8, 4) is 0 Å². The molecule has 1 fully saturated rings. The van der Waals surface area contributed by atoms with E-state index in [1.807, 2.05) is 7.05 Å². The summed E-state index contributed by atoms with van der Waals surface area (Å²) in [5, 5.41) is 3.12. The SMILES string of the molecule is CNC(CCCC(F)(F)F)C1CCC1. The van der Waals surface area contributed by atoms with Gasteiger partial charge >= 0.3 is 6.18 Å². The summed E-state index contributed by atoms with van der Waals surface area (Å²) in [4.78, 5) is 0. The molecule has 1 N–H and O–H groups in total. The normalized spacial score (nSPS) is 20.6. The number of halogens is 3. The molecule has 0 spiro atoms. The van der Waals surface area contributed by atoms with Crippen LogP contribution in [0.5, 0.6) is 0 Å². The zero-order valence-electron chi connectivity index (χ0n) is 8.53. The van der Waals surface area contributed by atoms with E-state index in [0.29, 0.717) is 18.4 Å². The maximum atomic E-state index is 11.9. The minimum atomic E-state index is -3.99. The van der Waals surface area contributed by atoms with Crippen molar-refractivity contribution in [1.29, 1.82) is 0 Å². The van der Waals surface area contributed by atoms with Crippen LogP contribution in [-0.4, -0.2) is 19.3 Å². The highest BCUT2D eigenvalue weighted by Gasteiger charge is 2.29. The van der Waals surface area contributed by atoms with Gasteiger partial charge in [-0.3, -0.25) is 0 Å². The molecule has 1 rings (SSSR count). The van der Waals surface area contributed by atoms with E-state index in [1.54, 1.807) is 0 Å². The Bertz CT molecular complexity index is 163. The van der Waals surface area contributed by atoms with Crippen LogP contribution < -0.4 is 5.32 Å². The molecular formula is C10H18F3N. The summed E-state index contributed by atoms with van der Waals surface area (Å²) in [6.45, 7) is 0. The van der Waals surface area contributed by atoms with Crippen molar-refractivity contribution in [3.63, 3.8) is 0 Å². The monoisotopic (exact) mass is 209 g/mol. The lowest BCUT2D eigenvalue weighted by Gasteiger charge is -2.33. The fourth-order valence-electron chi connectivity index (χ4n) is 1.98. The smallest absolute Gasteiger partial charge is 0.317 e. The average Bonchev–Trinajstić information content (AvgIpc) is 1.96. The molecule has 0 radical (unpaired) electrons. The predicted octanol–water partition coefficient (Wildman–Crippen LogP) is 3.11. The summed E-state index contributed by atoms with van der Waals surface area (Å²) in [7, 11) is 1.84. The van der Waals surface area contributed by atoms with Gasteiger partial charge in [-0.25, -0.2) is 0 Å². The van der Waals surface area contributed by atoms with Gasteiger partial charge in [0.05, 0.1) is 0 Å². The molecule has 0 aliphatic heterocycles. The number of alkyl halides is 3. The van der Waals surface area contributed by atoms with Crippen LogP contribution in [0.3, 0.4) is 0 Å². The molecule has 1 saturated carbocycles. The highest BCUT2D eigenvalue weighted by molar-refractivity contribution is 4.81. The molecule has 1 aliphatic rings. The molecule has 0 saturated heterocycles. The van der Waals surface area contributed by atoms with Crippen molar-refractivity contribution in [3.05, 3.63) is 0 Å². The quantitative estimate of drug-likeness (QED) is 0.733. The van der Waals surface area contributed by atoms with Gasteiger partial charge in [-0.1, -0.05) is 6.42 Å². The van der Waals surface area contributed by atoms with Gasteiger partial charge in [0.2, 0.25) is 0 Å². The van der Waals surface area contributed by atoms with E-state index in [-0.39, 0.29) is 6.42 Å². The van der Waals surface area contributed by atoms with Crippen LogP contribution in [0, 0.1) is 5.92 Å². The largest absolute Gasteiger partial charge is 0.389 e. The van der Waals surface area contributed by atoms with Crippen molar-refractivity contribution in [2.24, 2.45) is 5.92 Å². The van der Waals surface area contributed by atoms with Crippen LogP contribution >= 0.6 is 0 Å². The molecule has 0 bridgehead atoms. The van der Waals surface area contributed by atoms with E-state index in [9.17, 15) is 13.2 Å². The molecular weight excluding hydrogens is 191 g/mol. The minimum absolute atomic E-state index is 0.255. The fourth-order valence-corrected chi connectivity index (χ4v) is 1.98. The van der Waals surface area contributed by atoms with Crippen LogP contribution in [-0.2, 0) is 0 Å². The van der Waals surface area contributed by atoms with Gasteiger partial charge < -0.3 is 5.32 Å². The Morgan fingerprint density at radius 1 is 1.36 bits per heavy atom. The number of nitrogens with one attached hydrogen (secondary N) is 1. The first-order valence-corrected chi connectivity index (χ1v) is 5.27. The highest BCUT2D eigenvalue weighted by Crippen LogP contribution is 2.32. The molecule has 0 aromatic heterocycles. The zero-order chi connectivity index (χ0) is 10.6. The molecule has 1 atom stereocenters. The van der Waals surface area contributed by atoms with Crippen LogP contribution in [0.4, 0.5) is 13.2 Å². The number of hydrogen-bond acceptors (Lipinski definition) is 1. The Labute approximate surface area is 83.1 Å². The first-order chi connectivity index (χ1) is 6.53. The standard InChI is InChI=1S/C10H18F3N/c1-14-9(8-4-2-5-8)6-3-7-10(11,12)13/h8-9,14H,2-7H2,1H3. The summed E-state index contributed by atoms with van der Waals surface area (Å²) in [5.41, 5.74) is 0. The summed E-state index contributed by atoms with van der Waals surface area (Å²) >= 11 is 0. The zero-order valence-corrected chi connectivity index (χ0v) is 8.53. The van der Waals surface area contributed by atoms with Crippen LogP contribution in [0.25, 0.3) is 0 Å². The second-order valence-corrected chi connectivity index (χ2v) is 4.09. The van der Waals surface area contributed by atoms with E-state index in [2.05, 4.69) is 5.32 Å². The van der Waals surface area contributed by atoms with Gasteiger partial charge in [0.1, 0.15) is 0 Å². The van der Waals surface area contributed by atoms with Crippen molar-refractivity contribution in [2.75, 3.05) is 7.05 Å². The van der Waals surface area contributed by atoms with Crippen LogP contribution in [0.1, 0.15) is 38.5 Å². The average molecular weight is 209 g/mol. The second kappa shape index (κ2) is 5.01. The molecule has 0 heterocycles. The summed E-state index contributed by atoms with van der Waals surface area (Å²) in [6.07, 6.45) is -0.126. The molecule has 0 amide bonds. The fraction of sp³-hybridized carbons (Fsp3) is 1.00. The lowest BCUT2D eigenvalue weighted by molar-refractivity contribution is -0.136. The summed E-state index contributed by atoms with van der Waals surface area (Å²) < 4.78 is 35.7. The first kappa shape index (κ1) is 11.8. The molecule has 1 aliphatic carbocycles. The lowest BCUT2D eigenvalue weighted by atomic mass is 9.78. The Kier molecular flexibility index (Phi) is 4.23. The summed E-state index contributed by atoms with van der Waals surface area (Å²) in [5.74, 6) is 0.619. The molecule has 4 heteroatoms. The van der Waals surface area contributed by atoms with Crippen molar-refractivity contribution in [1.82, 2.24) is 5.32 Å². The topological polar surface area (TPSA) is 12.0 Å². The van der Waals surface area contributed by atoms with Gasteiger partial charge in [0.25, 0.3) is 0 Å². The Hall–Kier alpha value is -0.250. The molecule has 84 valence electrons. The third-order valence-corrected chi connectivity index (χ3v) is 3.07. The second-order valence-electron chi connectivity index (χ2n) is 4.09.